The minimum absolute atomic E-state index is 0.174. The molecule has 0 amide bonds. The molecule has 112 valence electrons. The van der Waals surface area contributed by atoms with Gasteiger partial charge in [-0.15, -0.1) is 0 Å². The number of allylic oxidation sites excluding steroid dienone is 1. The van der Waals surface area contributed by atoms with Gasteiger partial charge in [0.05, 0.1) is 7.11 Å². The van der Waals surface area contributed by atoms with Crippen LogP contribution in [-0.2, 0) is 11.8 Å². The summed E-state index contributed by atoms with van der Waals surface area (Å²) in [6.45, 7) is 2.21. The van der Waals surface area contributed by atoms with Crippen LogP contribution in [0, 0.1) is 12.8 Å². The van der Waals surface area contributed by atoms with Gasteiger partial charge in [-0.2, -0.15) is 0 Å². The molecule has 0 saturated heterocycles. The molecule has 0 bridgehead atoms. The van der Waals surface area contributed by atoms with Crippen molar-refractivity contribution in [1.82, 2.24) is 0 Å². The number of hydrogen-bond acceptors (Lipinski definition) is 1. The molecule has 2 aliphatic carbocycles. The summed E-state index contributed by atoms with van der Waals surface area (Å²) in [5.41, 5.74) is 5.90. The average Bonchev–Trinajstić information content (AvgIpc) is 3.40. The molecule has 1 saturated carbocycles. The van der Waals surface area contributed by atoms with Gasteiger partial charge in [0.25, 0.3) is 0 Å². The van der Waals surface area contributed by atoms with Crippen molar-refractivity contribution >= 4 is 6.08 Å². The van der Waals surface area contributed by atoms with Crippen molar-refractivity contribution in [2.45, 2.75) is 31.6 Å². The summed E-state index contributed by atoms with van der Waals surface area (Å²) in [6, 6.07) is 15.4. The van der Waals surface area contributed by atoms with E-state index in [4.69, 9.17) is 4.74 Å². The predicted molar refractivity (Wildman–Crippen MR) is 91.3 cm³/mol. The molecule has 1 atom stereocenters. The summed E-state index contributed by atoms with van der Waals surface area (Å²) in [5, 5.41) is 0. The number of fused-ring (bicyclic) bond motifs is 1. The highest BCUT2D eigenvalue weighted by Gasteiger charge is 2.45. The minimum Gasteiger partial charge on any atom is -0.497 e. The van der Waals surface area contributed by atoms with E-state index in [1.165, 1.54) is 35.1 Å². The molecule has 2 aliphatic rings. The topological polar surface area (TPSA) is 9.23 Å². The summed E-state index contributed by atoms with van der Waals surface area (Å²) in [7, 11) is 1.73. The standard InChI is InChI=1S/C21H22O/c1-15-4-3-5-16-14-21(17-6-7-17,13-12-20(15)16)18-8-10-19(22-2)11-9-18/h3-5,8-13,17H,6-7,14H2,1-2H3. The van der Waals surface area contributed by atoms with Gasteiger partial charge >= 0.3 is 0 Å². The molecule has 0 spiro atoms. The van der Waals surface area contributed by atoms with Crippen LogP contribution < -0.4 is 4.74 Å². The summed E-state index contributed by atoms with van der Waals surface area (Å²) < 4.78 is 5.32. The Morgan fingerprint density at radius 1 is 1.05 bits per heavy atom. The first-order valence-electron chi connectivity index (χ1n) is 8.15. The maximum absolute atomic E-state index is 5.32. The zero-order chi connectivity index (χ0) is 15.2. The lowest BCUT2D eigenvalue weighted by molar-refractivity contribution is 0.413. The molecule has 0 heterocycles. The Morgan fingerprint density at radius 2 is 1.82 bits per heavy atom. The van der Waals surface area contributed by atoms with Gasteiger partial charge in [-0.05, 0) is 66.5 Å². The smallest absolute Gasteiger partial charge is 0.118 e. The number of aryl methyl sites for hydroxylation is 1. The lowest BCUT2D eigenvalue weighted by atomic mass is 9.68. The molecule has 1 unspecified atom stereocenters. The van der Waals surface area contributed by atoms with Crippen LogP contribution in [0.4, 0.5) is 0 Å². The molecule has 1 heteroatoms. The molecule has 0 aliphatic heterocycles. The Bertz CT molecular complexity index is 722. The summed E-state index contributed by atoms with van der Waals surface area (Å²) in [5.74, 6) is 1.72. The second kappa shape index (κ2) is 5.01. The quantitative estimate of drug-likeness (QED) is 0.779. The lowest BCUT2D eigenvalue weighted by Gasteiger charge is -2.36. The monoisotopic (exact) mass is 290 g/mol. The molecule has 1 fully saturated rings. The second-order valence-corrected chi connectivity index (χ2v) is 6.70. The minimum atomic E-state index is 0.174. The molecule has 2 aromatic carbocycles. The van der Waals surface area contributed by atoms with Gasteiger partial charge in [0.15, 0.2) is 0 Å². The normalized spacial score (nSPS) is 23.2. The highest BCUT2D eigenvalue weighted by Crippen LogP contribution is 2.52. The van der Waals surface area contributed by atoms with Gasteiger partial charge < -0.3 is 4.74 Å². The van der Waals surface area contributed by atoms with Crippen LogP contribution in [-0.4, -0.2) is 7.11 Å². The number of methoxy groups -OCH3 is 1. The third-order valence-corrected chi connectivity index (χ3v) is 5.38. The van der Waals surface area contributed by atoms with E-state index in [2.05, 4.69) is 61.5 Å². The summed E-state index contributed by atoms with van der Waals surface area (Å²) >= 11 is 0. The van der Waals surface area contributed by atoms with Crippen molar-refractivity contribution in [3.63, 3.8) is 0 Å². The molecular weight excluding hydrogens is 268 g/mol. The Hall–Kier alpha value is -2.02. The van der Waals surface area contributed by atoms with Gasteiger partial charge in [-0.3, -0.25) is 0 Å². The Morgan fingerprint density at radius 3 is 2.50 bits per heavy atom. The highest BCUT2D eigenvalue weighted by molar-refractivity contribution is 5.64. The lowest BCUT2D eigenvalue weighted by Crippen LogP contribution is -2.31. The first-order chi connectivity index (χ1) is 10.7. The number of ether oxygens (including phenoxy) is 1. The molecule has 0 radical (unpaired) electrons. The van der Waals surface area contributed by atoms with Crippen molar-refractivity contribution in [3.05, 3.63) is 70.8 Å². The number of hydrogen-bond donors (Lipinski definition) is 0. The third kappa shape index (κ3) is 2.08. The zero-order valence-corrected chi connectivity index (χ0v) is 13.3. The number of rotatable bonds is 3. The van der Waals surface area contributed by atoms with E-state index in [9.17, 15) is 0 Å². The molecule has 2 aromatic rings. The Balaban J connectivity index is 1.79. The Labute approximate surface area is 132 Å². The SMILES string of the molecule is COc1ccc(C2(C3CC3)C=Cc3c(C)cccc3C2)cc1. The van der Waals surface area contributed by atoms with Crippen molar-refractivity contribution < 1.29 is 4.74 Å². The molecule has 0 N–H and O–H groups in total. The van der Waals surface area contributed by atoms with Crippen LogP contribution in [0.1, 0.15) is 35.1 Å². The van der Waals surface area contributed by atoms with E-state index in [0.29, 0.717) is 0 Å². The average molecular weight is 290 g/mol. The maximum atomic E-state index is 5.32. The predicted octanol–water partition coefficient (Wildman–Crippen LogP) is 4.92. The van der Waals surface area contributed by atoms with Crippen LogP contribution in [0.3, 0.4) is 0 Å². The van der Waals surface area contributed by atoms with Crippen molar-refractivity contribution in [3.8, 4) is 5.75 Å². The first-order valence-corrected chi connectivity index (χ1v) is 8.15. The fourth-order valence-corrected chi connectivity index (χ4v) is 3.95. The van der Waals surface area contributed by atoms with Gasteiger partial charge in [0, 0.05) is 5.41 Å². The highest BCUT2D eigenvalue weighted by atomic mass is 16.5. The fourth-order valence-electron chi connectivity index (χ4n) is 3.95. The van der Waals surface area contributed by atoms with Crippen molar-refractivity contribution in [2.24, 2.45) is 5.92 Å². The molecule has 4 rings (SSSR count). The van der Waals surface area contributed by atoms with Gasteiger partial charge in [-0.25, -0.2) is 0 Å². The van der Waals surface area contributed by atoms with Crippen LogP contribution >= 0.6 is 0 Å². The van der Waals surface area contributed by atoms with E-state index in [1.807, 2.05) is 0 Å². The summed E-state index contributed by atoms with van der Waals surface area (Å²) in [6.07, 6.45) is 8.64. The van der Waals surface area contributed by atoms with Crippen LogP contribution in [0.25, 0.3) is 6.08 Å². The van der Waals surface area contributed by atoms with Crippen LogP contribution in [0.2, 0.25) is 0 Å². The van der Waals surface area contributed by atoms with Crippen LogP contribution in [0.5, 0.6) is 5.75 Å². The molecule has 0 aromatic heterocycles. The molecular formula is C21H22O. The Kier molecular flexibility index (Phi) is 3.11. The van der Waals surface area contributed by atoms with E-state index < -0.39 is 0 Å². The molecule has 1 nitrogen and oxygen atoms in total. The number of benzene rings is 2. The zero-order valence-electron chi connectivity index (χ0n) is 13.3. The van der Waals surface area contributed by atoms with E-state index in [0.717, 1.165) is 18.1 Å². The van der Waals surface area contributed by atoms with E-state index in [-0.39, 0.29) is 5.41 Å². The second-order valence-electron chi connectivity index (χ2n) is 6.70. The maximum Gasteiger partial charge on any atom is 0.118 e. The largest absolute Gasteiger partial charge is 0.497 e. The van der Waals surface area contributed by atoms with Gasteiger partial charge in [-0.1, -0.05) is 42.5 Å². The van der Waals surface area contributed by atoms with E-state index in [1.54, 1.807) is 7.11 Å². The van der Waals surface area contributed by atoms with Gasteiger partial charge in [0.2, 0.25) is 0 Å². The van der Waals surface area contributed by atoms with Gasteiger partial charge in [0.1, 0.15) is 5.75 Å². The third-order valence-electron chi connectivity index (χ3n) is 5.38. The van der Waals surface area contributed by atoms with E-state index >= 15 is 0 Å². The fraction of sp³-hybridized carbons (Fsp3) is 0.333. The molecule has 22 heavy (non-hydrogen) atoms. The summed E-state index contributed by atoms with van der Waals surface area (Å²) in [4.78, 5) is 0. The van der Waals surface area contributed by atoms with Crippen molar-refractivity contribution in [1.29, 1.82) is 0 Å². The first kappa shape index (κ1) is 13.6. The van der Waals surface area contributed by atoms with Crippen LogP contribution in [0.15, 0.2) is 48.5 Å². The van der Waals surface area contributed by atoms with Crippen molar-refractivity contribution in [2.75, 3.05) is 7.11 Å².